The molecule has 1 fully saturated rings. The van der Waals surface area contributed by atoms with Gasteiger partial charge in [-0.1, -0.05) is 6.92 Å². The second-order valence-corrected chi connectivity index (χ2v) is 5.38. The zero-order chi connectivity index (χ0) is 13.5. The van der Waals surface area contributed by atoms with Gasteiger partial charge in [-0.25, -0.2) is 0 Å². The standard InChI is InChI=1S/C14H29N3O/c1-4-16(5-2)14(18)10-13(11-15)17-8-6-12(3)7-9-17/h12-13H,4-11,15H2,1-3H3. The van der Waals surface area contributed by atoms with Crippen LogP contribution in [-0.4, -0.2) is 54.5 Å². The molecule has 2 N–H and O–H groups in total. The van der Waals surface area contributed by atoms with Crippen LogP contribution < -0.4 is 5.73 Å². The molecule has 18 heavy (non-hydrogen) atoms. The first-order valence-electron chi connectivity index (χ1n) is 7.34. The minimum Gasteiger partial charge on any atom is -0.343 e. The molecule has 0 aromatic carbocycles. The van der Waals surface area contributed by atoms with Crippen molar-refractivity contribution < 1.29 is 4.79 Å². The second kappa shape index (κ2) is 7.74. The van der Waals surface area contributed by atoms with Crippen molar-refractivity contribution in [2.24, 2.45) is 11.7 Å². The average molecular weight is 255 g/mol. The molecule has 1 aliphatic heterocycles. The smallest absolute Gasteiger partial charge is 0.224 e. The predicted molar refractivity (Wildman–Crippen MR) is 75.4 cm³/mol. The van der Waals surface area contributed by atoms with Gasteiger partial charge in [0.1, 0.15) is 0 Å². The van der Waals surface area contributed by atoms with E-state index in [1.807, 2.05) is 18.7 Å². The summed E-state index contributed by atoms with van der Waals surface area (Å²) in [4.78, 5) is 16.4. The number of carbonyl (C=O) groups is 1. The Balaban J connectivity index is 2.48. The van der Waals surface area contributed by atoms with Crippen LogP contribution in [0.1, 0.15) is 40.0 Å². The summed E-state index contributed by atoms with van der Waals surface area (Å²) in [5, 5.41) is 0. The van der Waals surface area contributed by atoms with E-state index in [9.17, 15) is 4.79 Å². The summed E-state index contributed by atoms with van der Waals surface area (Å²) in [5.41, 5.74) is 5.86. The van der Waals surface area contributed by atoms with Gasteiger partial charge in [-0.3, -0.25) is 9.69 Å². The number of nitrogens with zero attached hydrogens (tertiary/aromatic N) is 2. The number of piperidine rings is 1. The fraction of sp³-hybridized carbons (Fsp3) is 0.929. The molecule has 4 nitrogen and oxygen atoms in total. The number of likely N-dealkylation sites (tertiary alicyclic amines) is 1. The molecule has 0 bridgehead atoms. The van der Waals surface area contributed by atoms with E-state index in [1.54, 1.807) is 0 Å². The van der Waals surface area contributed by atoms with E-state index in [2.05, 4.69) is 11.8 Å². The Bertz CT molecular complexity index is 245. The molecule has 0 aromatic heterocycles. The van der Waals surface area contributed by atoms with Crippen LogP contribution in [0.5, 0.6) is 0 Å². The molecule has 1 unspecified atom stereocenters. The van der Waals surface area contributed by atoms with Crippen molar-refractivity contribution in [3.05, 3.63) is 0 Å². The number of amides is 1. The molecule has 1 aliphatic rings. The lowest BCUT2D eigenvalue weighted by Gasteiger charge is -2.36. The lowest BCUT2D eigenvalue weighted by atomic mass is 9.97. The highest BCUT2D eigenvalue weighted by atomic mass is 16.2. The molecule has 4 heteroatoms. The molecule has 106 valence electrons. The van der Waals surface area contributed by atoms with Gasteiger partial charge in [0.05, 0.1) is 0 Å². The monoisotopic (exact) mass is 255 g/mol. The van der Waals surface area contributed by atoms with E-state index in [4.69, 9.17) is 5.73 Å². The fourth-order valence-corrected chi connectivity index (χ4v) is 2.66. The minimum absolute atomic E-state index is 0.227. The Hall–Kier alpha value is -0.610. The summed E-state index contributed by atoms with van der Waals surface area (Å²) >= 11 is 0. The molecule has 0 radical (unpaired) electrons. The Kier molecular flexibility index (Phi) is 6.65. The zero-order valence-electron chi connectivity index (χ0n) is 12.2. The van der Waals surface area contributed by atoms with Gasteiger partial charge in [0, 0.05) is 32.1 Å². The normalized spacial score (nSPS) is 19.8. The van der Waals surface area contributed by atoms with Crippen molar-refractivity contribution in [3.63, 3.8) is 0 Å². The lowest BCUT2D eigenvalue weighted by molar-refractivity contribution is -0.132. The van der Waals surface area contributed by atoms with Gasteiger partial charge in [-0.05, 0) is 45.7 Å². The third-order valence-corrected chi connectivity index (χ3v) is 4.13. The number of hydrogen-bond donors (Lipinski definition) is 1. The first-order valence-corrected chi connectivity index (χ1v) is 7.34. The summed E-state index contributed by atoms with van der Waals surface area (Å²) in [7, 11) is 0. The number of nitrogens with two attached hydrogens (primary N) is 1. The van der Waals surface area contributed by atoms with E-state index in [0.29, 0.717) is 13.0 Å². The average Bonchev–Trinajstić information content (AvgIpc) is 2.38. The van der Waals surface area contributed by atoms with E-state index in [1.165, 1.54) is 12.8 Å². The van der Waals surface area contributed by atoms with Gasteiger partial charge < -0.3 is 10.6 Å². The summed E-state index contributed by atoms with van der Waals surface area (Å²) in [5.74, 6) is 1.06. The Morgan fingerprint density at radius 2 is 1.89 bits per heavy atom. The highest BCUT2D eigenvalue weighted by Gasteiger charge is 2.25. The molecule has 0 aliphatic carbocycles. The van der Waals surface area contributed by atoms with Crippen LogP contribution in [0.15, 0.2) is 0 Å². The quantitative estimate of drug-likeness (QED) is 0.778. The van der Waals surface area contributed by atoms with Gasteiger partial charge in [-0.15, -0.1) is 0 Å². The zero-order valence-corrected chi connectivity index (χ0v) is 12.2. The Labute approximate surface area is 111 Å². The minimum atomic E-state index is 0.227. The molecule has 0 spiro atoms. The third-order valence-electron chi connectivity index (χ3n) is 4.13. The highest BCUT2D eigenvalue weighted by Crippen LogP contribution is 2.19. The second-order valence-electron chi connectivity index (χ2n) is 5.38. The fourth-order valence-electron chi connectivity index (χ4n) is 2.66. The summed E-state index contributed by atoms with van der Waals surface area (Å²) in [6.07, 6.45) is 3.04. The maximum atomic E-state index is 12.1. The highest BCUT2D eigenvalue weighted by molar-refractivity contribution is 5.76. The van der Waals surface area contributed by atoms with Crippen molar-refractivity contribution >= 4 is 5.91 Å². The van der Waals surface area contributed by atoms with Gasteiger partial charge in [0.2, 0.25) is 5.91 Å². The van der Waals surface area contributed by atoms with Gasteiger partial charge in [0.15, 0.2) is 0 Å². The first-order chi connectivity index (χ1) is 8.62. The molecule has 0 aromatic rings. The van der Waals surface area contributed by atoms with Crippen molar-refractivity contribution in [1.29, 1.82) is 0 Å². The maximum absolute atomic E-state index is 12.1. The van der Waals surface area contributed by atoms with E-state index in [-0.39, 0.29) is 11.9 Å². The van der Waals surface area contributed by atoms with Crippen molar-refractivity contribution in [3.8, 4) is 0 Å². The van der Waals surface area contributed by atoms with E-state index in [0.717, 1.165) is 32.1 Å². The number of rotatable bonds is 6. The van der Waals surface area contributed by atoms with Crippen LogP contribution >= 0.6 is 0 Å². The molecular weight excluding hydrogens is 226 g/mol. The molecule has 1 amide bonds. The topological polar surface area (TPSA) is 49.6 Å². The van der Waals surface area contributed by atoms with Gasteiger partial charge >= 0.3 is 0 Å². The van der Waals surface area contributed by atoms with Gasteiger partial charge in [-0.2, -0.15) is 0 Å². The number of hydrogen-bond acceptors (Lipinski definition) is 3. The predicted octanol–water partition coefficient (Wildman–Crippen LogP) is 1.30. The molecule has 1 rings (SSSR count). The third kappa shape index (κ3) is 4.25. The molecule has 0 saturated carbocycles. The molecule has 1 atom stereocenters. The van der Waals surface area contributed by atoms with Crippen LogP contribution in [0.4, 0.5) is 0 Å². The number of carbonyl (C=O) groups excluding carboxylic acids is 1. The molecular formula is C14H29N3O. The van der Waals surface area contributed by atoms with Crippen molar-refractivity contribution in [2.45, 2.75) is 46.1 Å². The summed E-state index contributed by atoms with van der Waals surface area (Å²) in [6, 6.07) is 0.227. The largest absolute Gasteiger partial charge is 0.343 e. The lowest BCUT2D eigenvalue weighted by Crippen LogP contribution is -2.47. The molecule has 1 heterocycles. The SMILES string of the molecule is CCN(CC)C(=O)CC(CN)N1CCC(C)CC1. The van der Waals surface area contributed by atoms with Crippen LogP contribution in [-0.2, 0) is 4.79 Å². The van der Waals surface area contributed by atoms with E-state index < -0.39 is 0 Å². The maximum Gasteiger partial charge on any atom is 0.224 e. The van der Waals surface area contributed by atoms with Crippen LogP contribution in [0.2, 0.25) is 0 Å². The van der Waals surface area contributed by atoms with Crippen molar-refractivity contribution in [2.75, 3.05) is 32.7 Å². The van der Waals surface area contributed by atoms with E-state index >= 15 is 0 Å². The van der Waals surface area contributed by atoms with Gasteiger partial charge in [0.25, 0.3) is 0 Å². The van der Waals surface area contributed by atoms with Crippen molar-refractivity contribution in [1.82, 2.24) is 9.80 Å². The first kappa shape index (κ1) is 15.4. The summed E-state index contributed by atoms with van der Waals surface area (Å²) < 4.78 is 0. The Morgan fingerprint density at radius 1 is 1.33 bits per heavy atom. The van der Waals surface area contributed by atoms with Crippen LogP contribution in [0.25, 0.3) is 0 Å². The molecule has 1 saturated heterocycles. The van der Waals surface area contributed by atoms with Crippen LogP contribution in [0.3, 0.4) is 0 Å². The summed E-state index contributed by atoms with van der Waals surface area (Å²) in [6.45, 7) is 10.7. The van der Waals surface area contributed by atoms with Crippen LogP contribution in [0, 0.1) is 5.92 Å². The Morgan fingerprint density at radius 3 is 2.33 bits per heavy atom.